The van der Waals surface area contributed by atoms with Crippen molar-refractivity contribution in [1.82, 2.24) is 5.32 Å². The maximum Gasteiger partial charge on any atom is 0.223 e. The first-order valence-corrected chi connectivity index (χ1v) is 7.55. The Morgan fingerprint density at radius 1 is 1.37 bits per heavy atom. The Balaban J connectivity index is 2.45. The Morgan fingerprint density at radius 2 is 1.95 bits per heavy atom. The third kappa shape index (κ3) is 4.46. The number of aliphatic hydroxyl groups excluding tert-OH is 1. The third-order valence-corrected chi connectivity index (χ3v) is 4.86. The molecule has 0 saturated carbocycles. The van der Waals surface area contributed by atoms with E-state index >= 15 is 0 Å². The monoisotopic (exact) mass is 271 g/mol. The van der Waals surface area contributed by atoms with Crippen LogP contribution in [0, 0.1) is 17.3 Å². The van der Waals surface area contributed by atoms with Gasteiger partial charge in [-0.15, -0.1) is 0 Å². The van der Waals surface area contributed by atoms with Crippen molar-refractivity contribution in [3.8, 4) is 0 Å². The molecule has 19 heavy (non-hydrogen) atoms. The number of aliphatic hydroxyl groups is 1. The van der Waals surface area contributed by atoms with Crippen LogP contribution in [0.4, 0.5) is 0 Å². The Kier molecular flexibility index (Phi) is 6.80. The standard InChI is InChI=1S/C15H29NO3/c1-4-15(5-2,11-17)10-16-14(18)12(3)13-6-8-19-9-7-13/h12-13,17H,4-11H2,1-3H3,(H,16,18). The van der Waals surface area contributed by atoms with Crippen LogP contribution in [0.25, 0.3) is 0 Å². The van der Waals surface area contributed by atoms with E-state index in [1.54, 1.807) is 0 Å². The Morgan fingerprint density at radius 3 is 2.42 bits per heavy atom. The van der Waals surface area contributed by atoms with Gasteiger partial charge in [-0.2, -0.15) is 0 Å². The maximum atomic E-state index is 12.2. The van der Waals surface area contributed by atoms with Gasteiger partial charge < -0.3 is 15.2 Å². The average Bonchev–Trinajstić information content (AvgIpc) is 2.49. The Hall–Kier alpha value is -0.610. The lowest BCUT2D eigenvalue weighted by atomic mass is 9.82. The average molecular weight is 271 g/mol. The van der Waals surface area contributed by atoms with E-state index in [1.807, 2.05) is 6.92 Å². The zero-order valence-electron chi connectivity index (χ0n) is 12.6. The molecule has 0 aromatic heterocycles. The van der Waals surface area contributed by atoms with Gasteiger partial charge in [-0.3, -0.25) is 4.79 Å². The lowest BCUT2D eigenvalue weighted by Gasteiger charge is -2.32. The van der Waals surface area contributed by atoms with Gasteiger partial charge in [0.1, 0.15) is 0 Å². The highest BCUT2D eigenvalue weighted by atomic mass is 16.5. The molecule has 1 atom stereocenters. The van der Waals surface area contributed by atoms with E-state index in [0.29, 0.717) is 12.5 Å². The Bertz CT molecular complexity index is 262. The second kappa shape index (κ2) is 7.85. The fourth-order valence-corrected chi connectivity index (χ4v) is 2.65. The quantitative estimate of drug-likeness (QED) is 0.744. The highest BCUT2D eigenvalue weighted by Gasteiger charge is 2.29. The molecule has 1 rings (SSSR count). The second-order valence-electron chi connectivity index (χ2n) is 5.82. The number of hydrogen-bond acceptors (Lipinski definition) is 3. The molecule has 4 nitrogen and oxygen atoms in total. The molecule has 1 amide bonds. The van der Waals surface area contributed by atoms with Gasteiger partial charge in [0.25, 0.3) is 0 Å². The van der Waals surface area contributed by atoms with E-state index in [9.17, 15) is 9.90 Å². The summed E-state index contributed by atoms with van der Waals surface area (Å²) in [6.07, 6.45) is 3.71. The predicted molar refractivity (Wildman–Crippen MR) is 75.8 cm³/mol. The number of nitrogens with one attached hydrogen (secondary N) is 1. The van der Waals surface area contributed by atoms with E-state index in [0.717, 1.165) is 38.9 Å². The van der Waals surface area contributed by atoms with E-state index in [-0.39, 0.29) is 23.8 Å². The summed E-state index contributed by atoms with van der Waals surface area (Å²) in [6.45, 7) is 8.37. The number of hydrogen-bond donors (Lipinski definition) is 2. The second-order valence-corrected chi connectivity index (χ2v) is 5.82. The zero-order valence-corrected chi connectivity index (χ0v) is 12.6. The highest BCUT2D eigenvalue weighted by molar-refractivity contribution is 5.78. The molecule has 1 fully saturated rings. The predicted octanol–water partition coefficient (Wildman–Crippen LogP) is 1.96. The van der Waals surface area contributed by atoms with Crippen LogP contribution in [0.3, 0.4) is 0 Å². The van der Waals surface area contributed by atoms with E-state index in [4.69, 9.17) is 4.74 Å². The SMILES string of the molecule is CCC(CC)(CO)CNC(=O)C(C)C1CCOCC1. The lowest BCUT2D eigenvalue weighted by molar-refractivity contribution is -0.128. The van der Waals surface area contributed by atoms with Gasteiger partial charge in [0.2, 0.25) is 5.91 Å². The van der Waals surface area contributed by atoms with E-state index in [1.165, 1.54) is 0 Å². The van der Waals surface area contributed by atoms with Gasteiger partial charge in [0, 0.05) is 31.1 Å². The molecule has 1 aliphatic rings. The van der Waals surface area contributed by atoms with Crippen molar-refractivity contribution in [2.24, 2.45) is 17.3 Å². The molecule has 0 aliphatic carbocycles. The van der Waals surface area contributed by atoms with Crippen LogP contribution in [0.15, 0.2) is 0 Å². The summed E-state index contributed by atoms with van der Waals surface area (Å²) in [5.74, 6) is 0.584. The maximum absolute atomic E-state index is 12.2. The summed E-state index contributed by atoms with van der Waals surface area (Å²) in [4.78, 5) is 12.2. The third-order valence-electron chi connectivity index (χ3n) is 4.86. The molecule has 2 N–H and O–H groups in total. The van der Waals surface area contributed by atoms with Crippen molar-refractivity contribution in [1.29, 1.82) is 0 Å². The molecule has 0 radical (unpaired) electrons. The molecule has 112 valence electrons. The van der Waals surface area contributed by atoms with Crippen LogP contribution in [0.5, 0.6) is 0 Å². The smallest absolute Gasteiger partial charge is 0.223 e. The largest absolute Gasteiger partial charge is 0.396 e. The van der Waals surface area contributed by atoms with Crippen LogP contribution < -0.4 is 5.32 Å². The normalized spacial score (nSPS) is 19.2. The van der Waals surface area contributed by atoms with Gasteiger partial charge in [-0.25, -0.2) is 0 Å². The van der Waals surface area contributed by atoms with Crippen molar-refractivity contribution < 1.29 is 14.6 Å². The molecule has 1 unspecified atom stereocenters. The van der Waals surface area contributed by atoms with Crippen molar-refractivity contribution >= 4 is 5.91 Å². The van der Waals surface area contributed by atoms with Crippen LogP contribution in [-0.2, 0) is 9.53 Å². The van der Waals surface area contributed by atoms with Gasteiger partial charge in [-0.1, -0.05) is 20.8 Å². The van der Waals surface area contributed by atoms with Crippen LogP contribution in [0.2, 0.25) is 0 Å². The molecule has 0 spiro atoms. The molecular weight excluding hydrogens is 242 g/mol. The molecule has 0 bridgehead atoms. The molecule has 1 saturated heterocycles. The number of carbonyl (C=O) groups is 1. The summed E-state index contributed by atoms with van der Waals surface area (Å²) in [5.41, 5.74) is -0.162. The van der Waals surface area contributed by atoms with Crippen LogP contribution in [-0.4, -0.2) is 37.4 Å². The van der Waals surface area contributed by atoms with Gasteiger partial charge >= 0.3 is 0 Å². The fourth-order valence-electron chi connectivity index (χ4n) is 2.65. The molecule has 4 heteroatoms. The first kappa shape index (κ1) is 16.4. The number of ether oxygens (including phenoxy) is 1. The topological polar surface area (TPSA) is 58.6 Å². The summed E-state index contributed by atoms with van der Waals surface area (Å²) < 4.78 is 5.33. The van der Waals surface area contributed by atoms with Crippen LogP contribution >= 0.6 is 0 Å². The first-order chi connectivity index (χ1) is 9.08. The van der Waals surface area contributed by atoms with Gasteiger partial charge in [0.05, 0.1) is 6.61 Å². The lowest BCUT2D eigenvalue weighted by Crippen LogP contribution is -2.43. The number of rotatable bonds is 7. The van der Waals surface area contributed by atoms with E-state index in [2.05, 4.69) is 19.2 Å². The van der Waals surface area contributed by atoms with Crippen molar-refractivity contribution in [2.45, 2.75) is 46.5 Å². The van der Waals surface area contributed by atoms with Crippen molar-refractivity contribution in [3.05, 3.63) is 0 Å². The van der Waals surface area contributed by atoms with Crippen LogP contribution in [0.1, 0.15) is 46.5 Å². The summed E-state index contributed by atoms with van der Waals surface area (Å²) in [6, 6.07) is 0. The summed E-state index contributed by atoms with van der Waals surface area (Å²) in [7, 11) is 0. The number of carbonyl (C=O) groups excluding carboxylic acids is 1. The zero-order chi connectivity index (χ0) is 14.3. The summed E-state index contributed by atoms with van der Waals surface area (Å²) >= 11 is 0. The summed E-state index contributed by atoms with van der Waals surface area (Å²) in [5, 5.41) is 12.5. The number of amides is 1. The molecule has 0 aromatic carbocycles. The van der Waals surface area contributed by atoms with E-state index < -0.39 is 0 Å². The van der Waals surface area contributed by atoms with Crippen molar-refractivity contribution in [3.63, 3.8) is 0 Å². The van der Waals surface area contributed by atoms with Gasteiger partial charge in [0.15, 0.2) is 0 Å². The van der Waals surface area contributed by atoms with Crippen molar-refractivity contribution in [2.75, 3.05) is 26.4 Å². The highest BCUT2D eigenvalue weighted by Crippen LogP contribution is 2.26. The molecule has 1 aliphatic heterocycles. The fraction of sp³-hybridized carbons (Fsp3) is 0.933. The minimum Gasteiger partial charge on any atom is -0.396 e. The minimum absolute atomic E-state index is 0.0361. The first-order valence-electron chi connectivity index (χ1n) is 7.55. The molecule has 1 heterocycles. The minimum atomic E-state index is -0.162. The molecule has 0 aromatic rings. The van der Waals surface area contributed by atoms with Gasteiger partial charge in [-0.05, 0) is 31.6 Å². The molecular formula is C15H29NO3. The Labute approximate surface area is 116 Å².